The average Bonchev–Trinajstić information content (AvgIpc) is 1.69. The van der Waals surface area contributed by atoms with E-state index < -0.39 is 0 Å². The topological polar surface area (TPSA) is 25.8 Å². The lowest BCUT2D eigenvalue weighted by Crippen LogP contribution is -1.77. The van der Waals surface area contributed by atoms with Crippen LogP contribution in [-0.4, -0.2) is 9.97 Å². The molecule has 0 bridgehead atoms. The molecule has 0 aromatic carbocycles. The minimum absolute atomic E-state index is 0.806. The molecule has 0 amide bonds. The normalized spacial score (nSPS) is 8.71. The van der Waals surface area contributed by atoms with Crippen LogP contribution in [0.4, 0.5) is 0 Å². The molecule has 1 radical (unpaired) electrons. The molecule has 0 saturated carbocycles. The molecular weight excluding hydrogens is 203 g/mol. The molecule has 0 fully saturated rings. The van der Waals surface area contributed by atoms with Crippen molar-refractivity contribution < 1.29 is 0 Å². The molecule has 1 aromatic heterocycles. The average molecular weight is 205 g/mol. The lowest BCUT2D eigenvalue weighted by molar-refractivity contribution is 1.15. The first kappa shape index (κ1) is 4.96. The SMILES string of the molecule is Ic1[c]nccn1. The van der Waals surface area contributed by atoms with Gasteiger partial charge in [0.25, 0.3) is 0 Å². The van der Waals surface area contributed by atoms with Gasteiger partial charge in [-0.05, 0) is 22.6 Å². The lowest BCUT2D eigenvalue weighted by Gasteiger charge is -1.78. The maximum absolute atomic E-state index is 3.85. The Morgan fingerprint density at radius 1 is 1.57 bits per heavy atom. The summed E-state index contributed by atoms with van der Waals surface area (Å²) in [4.78, 5) is 7.54. The van der Waals surface area contributed by atoms with E-state index in [0.29, 0.717) is 0 Å². The summed E-state index contributed by atoms with van der Waals surface area (Å²) in [6.07, 6.45) is 5.89. The highest BCUT2D eigenvalue weighted by Crippen LogP contribution is 1.90. The summed E-state index contributed by atoms with van der Waals surface area (Å²) in [6.45, 7) is 0. The van der Waals surface area contributed by atoms with Crippen molar-refractivity contribution in [1.29, 1.82) is 0 Å². The van der Waals surface area contributed by atoms with Crippen LogP contribution in [0.3, 0.4) is 0 Å². The van der Waals surface area contributed by atoms with Crippen molar-refractivity contribution in [3.05, 3.63) is 22.3 Å². The van der Waals surface area contributed by atoms with Crippen molar-refractivity contribution in [2.45, 2.75) is 0 Å². The minimum atomic E-state index is 0.806. The van der Waals surface area contributed by atoms with Gasteiger partial charge in [0.1, 0.15) is 9.90 Å². The second-order valence-corrected chi connectivity index (χ2v) is 1.98. The highest BCUT2D eigenvalue weighted by atomic mass is 127. The zero-order valence-electron chi connectivity index (χ0n) is 3.43. The second-order valence-electron chi connectivity index (χ2n) is 0.959. The van der Waals surface area contributed by atoms with Gasteiger partial charge >= 0.3 is 0 Å². The van der Waals surface area contributed by atoms with E-state index in [1.165, 1.54) is 0 Å². The smallest absolute Gasteiger partial charge is 0.129 e. The fourth-order valence-electron chi connectivity index (χ4n) is 0.252. The summed E-state index contributed by atoms with van der Waals surface area (Å²) in [5.41, 5.74) is 0. The molecule has 0 spiro atoms. The number of aromatic nitrogens is 2. The van der Waals surface area contributed by atoms with E-state index in [9.17, 15) is 0 Å². The molecule has 1 heterocycles. The van der Waals surface area contributed by atoms with Gasteiger partial charge in [0.05, 0.1) is 0 Å². The van der Waals surface area contributed by atoms with E-state index in [1.807, 2.05) is 0 Å². The monoisotopic (exact) mass is 205 g/mol. The quantitative estimate of drug-likeness (QED) is 0.587. The van der Waals surface area contributed by atoms with Crippen LogP contribution in [0.5, 0.6) is 0 Å². The zero-order valence-corrected chi connectivity index (χ0v) is 5.58. The molecule has 0 unspecified atom stereocenters. The number of nitrogens with zero attached hydrogens (tertiary/aromatic N) is 2. The molecule has 0 atom stereocenters. The van der Waals surface area contributed by atoms with Gasteiger partial charge < -0.3 is 0 Å². The van der Waals surface area contributed by atoms with Gasteiger partial charge in [-0.2, -0.15) is 0 Å². The van der Waals surface area contributed by atoms with Crippen molar-refractivity contribution in [2.75, 3.05) is 0 Å². The van der Waals surface area contributed by atoms with E-state index in [0.717, 1.165) is 3.70 Å². The van der Waals surface area contributed by atoms with Crippen molar-refractivity contribution in [3.8, 4) is 0 Å². The first-order valence-corrected chi connectivity index (χ1v) is 2.81. The van der Waals surface area contributed by atoms with Gasteiger partial charge in [0.15, 0.2) is 0 Å². The molecule has 1 rings (SSSR count). The standard InChI is InChI=1S/C4H2IN2/c5-4-3-6-1-2-7-4/h1-2H. The van der Waals surface area contributed by atoms with Crippen LogP contribution in [0.2, 0.25) is 0 Å². The van der Waals surface area contributed by atoms with Crippen molar-refractivity contribution in [3.63, 3.8) is 0 Å². The Balaban J connectivity index is 3.02. The lowest BCUT2D eigenvalue weighted by atomic mass is 10.8. The van der Waals surface area contributed by atoms with E-state index in [-0.39, 0.29) is 0 Å². The van der Waals surface area contributed by atoms with Gasteiger partial charge in [0, 0.05) is 12.4 Å². The van der Waals surface area contributed by atoms with Crippen LogP contribution in [-0.2, 0) is 0 Å². The number of halogens is 1. The van der Waals surface area contributed by atoms with Gasteiger partial charge in [-0.25, -0.2) is 4.98 Å². The first-order chi connectivity index (χ1) is 3.39. The number of hydrogen-bond donors (Lipinski definition) is 0. The highest BCUT2D eigenvalue weighted by molar-refractivity contribution is 14.1. The van der Waals surface area contributed by atoms with E-state index >= 15 is 0 Å². The second kappa shape index (κ2) is 2.20. The van der Waals surface area contributed by atoms with Crippen LogP contribution >= 0.6 is 22.6 Å². The molecule has 0 aliphatic carbocycles. The Bertz CT molecular complexity index is 140. The van der Waals surface area contributed by atoms with Gasteiger partial charge in [-0.1, -0.05) is 0 Å². The summed E-state index contributed by atoms with van der Waals surface area (Å²) in [5.74, 6) is 0. The Kier molecular flexibility index (Phi) is 1.56. The molecule has 7 heavy (non-hydrogen) atoms. The van der Waals surface area contributed by atoms with Crippen molar-refractivity contribution in [2.24, 2.45) is 0 Å². The summed E-state index contributed by atoms with van der Waals surface area (Å²) in [7, 11) is 0. The summed E-state index contributed by atoms with van der Waals surface area (Å²) in [5, 5.41) is 0. The largest absolute Gasteiger partial charge is 0.250 e. The van der Waals surface area contributed by atoms with Gasteiger partial charge in [0.2, 0.25) is 0 Å². The molecule has 3 heteroatoms. The third-order valence-corrected chi connectivity index (χ3v) is 1.01. The predicted molar refractivity (Wildman–Crippen MR) is 33.6 cm³/mol. The van der Waals surface area contributed by atoms with Crippen LogP contribution < -0.4 is 0 Å². The summed E-state index contributed by atoms with van der Waals surface area (Å²) in [6, 6.07) is 0. The molecule has 2 nitrogen and oxygen atoms in total. The fraction of sp³-hybridized carbons (Fsp3) is 0. The molecule has 0 aliphatic heterocycles. The minimum Gasteiger partial charge on any atom is -0.250 e. The summed E-state index contributed by atoms with van der Waals surface area (Å²) >= 11 is 2.05. The highest BCUT2D eigenvalue weighted by Gasteiger charge is 1.78. The van der Waals surface area contributed by atoms with Crippen LogP contribution in [0, 0.1) is 9.90 Å². The van der Waals surface area contributed by atoms with Crippen LogP contribution in [0.25, 0.3) is 0 Å². The Hall–Kier alpha value is -0.190. The third kappa shape index (κ3) is 1.38. The molecule has 0 saturated heterocycles. The van der Waals surface area contributed by atoms with Gasteiger partial charge in [-0.3, -0.25) is 4.98 Å². The molecule has 0 aliphatic rings. The molecule has 35 valence electrons. The number of hydrogen-bond acceptors (Lipinski definition) is 2. The van der Waals surface area contributed by atoms with E-state index in [1.54, 1.807) is 12.4 Å². The Labute approximate surface area is 55.1 Å². The van der Waals surface area contributed by atoms with Crippen molar-refractivity contribution in [1.82, 2.24) is 9.97 Å². The molecular formula is C4H2IN2. The van der Waals surface area contributed by atoms with E-state index in [2.05, 4.69) is 38.8 Å². The third-order valence-electron chi connectivity index (χ3n) is 0.486. The maximum Gasteiger partial charge on any atom is 0.129 e. The van der Waals surface area contributed by atoms with Crippen LogP contribution in [0.1, 0.15) is 0 Å². The predicted octanol–water partition coefficient (Wildman–Crippen LogP) is 0.881. The van der Waals surface area contributed by atoms with Gasteiger partial charge in [-0.15, -0.1) is 0 Å². The maximum atomic E-state index is 3.85. The van der Waals surface area contributed by atoms with Crippen LogP contribution in [0.15, 0.2) is 12.4 Å². The first-order valence-electron chi connectivity index (χ1n) is 1.74. The Morgan fingerprint density at radius 3 is 2.71 bits per heavy atom. The van der Waals surface area contributed by atoms with E-state index in [4.69, 9.17) is 0 Å². The number of rotatable bonds is 0. The molecule has 0 N–H and O–H groups in total. The Morgan fingerprint density at radius 2 is 2.43 bits per heavy atom. The molecule has 1 aromatic rings. The van der Waals surface area contributed by atoms with Crippen molar-refractivity contribution >= 4 is 22.6 Å². The zero-order chi connectivity index (χ0) is 5.11. The fourth-order valence-corrected chi connectivity index (χ4v) is 0.552. The summed E-state index contributed by atoms with van der Waals surface area (Å²) < 4.78 is 0.806.